The van der Waals surface area contributed by atoms with Gasteiger partial charge >= 0.3 is 0 Å². The van der Waals surface area contributed by atoms with Crippen molar-refractivity contribution in [1.29, 1.82) is 0 Å². The number of likely N-dealkylation sites (tertiary alicyclic amines) is 1. The van der Waals surface area contributed by atoms with Crippen molar-refractivity contribution in [2.75, 3.05) is 13.1 Å². The minimum Gasteiger partial charge on any atom is -0.343 e. The SMILES string of the molecule is O=C1NC(=NC23CC4CC(CC2C4)C3)SC1CC(=O)N1CCCCCCC1. The molecule has 0 aromatic rings. The lowest BCUT2D eigenvalue weighted by Gasteiger charge is -2.29. The van der Waals surface area contributed by atoms with E-state index < -0.39 is 0 Å². The monoisotopic (exact) mass is 389 g/mol. The fourth-order valence-electron chi connectivity index (χ4n) is 6.51. The number of hydrogen-bond acceptors (Lipinski definition) is 4. The summed E-state index contributed by atoms with van der Waals surface area (Å²) in [7, 11) is 0. The van der Waals surface area contributed by atoms with Crippen molar-refractivity contribution in [3.05, 3.63) is 0 Å². The maximum absolute atomic E-state index is 12.7. The molecule has 6 aliphatic rings. The minimum atomic E-state index is -0.297. The summed E-state index contributed by atoms with van der Waals surface area (Å²) >= 11 is 1.51. The van der Waals surface area contributed by atoms with Gasteiger partial charge in [0, 0.05) is 19.5 Å². The van der Waals surface area contributed by atoms with Crippen LogP contribution in [0.25, 0.3) is 0 Å². The van der Waals surface area contributed by atoms with E-state index >= 15 is 0 Å². The number of thioether (sulfide) groups is 1. The topological polar surface area (TPSA) is 61.8 Å². The van der Waals surface area contributed by atoms with Crippen LogP contribution in [0.3, 0.4) is 0 Å². The van der Waals surface area contributed by atoms with Crippen molar-refractivity contribution in [2.24, 2.45) is 22.7 Å². The molecule has 4 saturated carbocycles. The quantitative estimate of drug-likeness (QED) is 0.805. The third kappa shape index (κ3) is 3.43. The minimum absolute atomic E-state index is 0.0201. The summed E-state index contributed by atoms with van der Waals surface area (Å²) in [4.78, 5) is 32.3. The van der Waals surface area contributed by atoms with Crippen molar-refractivity contribution in [2.45, 2.75) is 81.4 Å². The fourth-order valence-corrected chi connectivity index (χ4v) is 7.57. The molecule has 0 spiro atoms. The van der Waals surface area contributed by atoms with E-state index in [1.807, 2.05) is 4.90 Å². The van der Waals surface area contributed by atoms with Gasteiger partial charge in [-0.25, -0.2) is 0 Å². The molecule has 2 amide bonds. The van der Waals surface area contributed by atoms with E-state index in [0.717, 1.165) is 48.9 Å². The van der Waals surface area contributed by atoms with Gasteiger partial charge < -0.3 is 10.2 Å². The highest BCUT2D eigenvalue weighted by Crippen LogP contribution is 2.62. The number of aliphatic imine (C=N–C) groups is 1. The van der Waals surface area contributed by atoms with Crippen LogP contribution in [0.4, 0.5) is 0 Å². The van der Waals surface area contributed by atoms with Crippen LogP contribution < -0.4 is 5.32 Å². The number of carbonyl (C=O) groups is 2. The molecule has 2 saturated heterocycles. The van der Waals surface area contributed by atoms with Crippen molar-refractivity contribution < 1.29 is 9.59 Å². The molecule has 0 aromatic carbocycles. The first-order valence-corrected chi connectivity index (χ1v) is 11.8. The second-order valence-corrected chi connectivity index (χ2v) is 10.7. The van der Waals surface area contributed by atoms with E-state index in [2.05, 4.69) is 5.32 Å². The number of nitrogens with zero attached hydrogens (tertiary/aromatic N) is 2. The van der Waals surface area contributed by atoms with Gasteiger partial charge in [-0.1, -0.05) is 31.0 Å². The van der Waals surface area contributed by atoms with Crippen LogP contribution in [0.5, 0.6) is 0 Å². The molecule has 3 atom stereocenters. The normalized spacial score (nSPS) is 42.4. The van der Waals surface area contributed by atoms with E-state index in [0.29, 0.717) is 6.42 Å². The Balaban J connectivity index is 1.22. The van der Waals surface area contributed by atoms with Crippen LogP contribution in [0.1, 0.15) is 70.6 Å². The number of amidine groups is 1. The van der Waals surface area contributed by atoms with E-state index in [-0.39, 0.29) is 22.6 Å². The second-order valence-electron chi connectivity index (χ2n) is 9.51. The molecule has 148 valence electrons. The summed E-state index contributed by atoms with van der Waals surface area (Å²) in [6, 6.07) is 0. The molecule has 2 aliphatic heterocycles. The molecule has 4 aliphatic carbocycles. The Hall–Kier alpha value is -1.04. The average Bonchev–Trinajstić information content (AvgIpc) is 3.12. The maximum Gasteiger partial charge on any atom is 0.240 e. The Morgan fingerprint density at radius 1 is 1.07 bits per heavy atom. The molecule has 2 heterocycles. The van der Waals surface area contributed by atoms with Crippen LogP contribution in [0.2, 0.25) is 0 Å². The van der Waals surface area contributed by atoms with Crippen molar-refractivity contribution in [1.82, 2.24) is 10.2 Å². The van der Waals surface area contributed by atoms with Gasteiger partial charge in [-0.3, -0.25) is 14.6 Å². The highest BCUT2D eigenvalue weighted by molar-refractivity contribution is 8.15. The van der Waals surface area contributed by atoms with Gasteiger partial charge in [0.05, 0.1) is 5.54 Å². The van der Waals surface area contributed by atoms with Crippen molar-refractivity contribution >= 4 is 28.7 Å². The molecular formula is C21H31N3O2S. The molecule has 0 radical (unpaired) electrons. The summed E-state index contributed by atoms with van der Waals surface area (Å²) in [6.45, 7) is 1.71. The Kier molecular flexibility index (Phi) is 4.73. The second kappa shape index (κ2) is 7.09. The molecule has 1 N–H and O–H groups in total. The van der Waals surface area contributed by atoms with Crippen LogP contribution in [0, 0.1) is 17.8 Å². The molecular weight excluding hydrogens is 358 g/mol. The fraction of sp³-hybridized carbons (Fsp3) is 0.857. The molecule has 6 heteroatoms. The highest BCUT2D eigenvalue weighted by atomic mass is 32.2. The van der Waals surface area contributed by atoms with Gasteiger partial charge in [0.25, 0.3) is 0 Å². The zero-order chi connectivity index (χ0) is 18.4. The van der Waals surface area contributed by atoms with E-state index in [4.69, 9.17) is 4.99 Å². The van der Waals surface area contributed by atoms with Gasteiger partial charge in [0.15, 0.2) is 5.17 Å². The van der Waals surface area contributed by atoms with E-state index in [1.54, 1.807) is 0 Å². The lowest BCUT2D eigenvalue weighted by Crippen LogP contribution is -2.37. The van der Waals surface area contributed by atoms with E-state index in [9.17, 15) is 9.59 Å². The number of nitrogens with one attached hydrogen (secondary N) is 1. The first kappa shape index (κ1) is 18.0. The molecule has 0 aromatic heterocycles. The first-order valence-electron chi connectivity index (χ1n) is 11.0. The Labute approximate surface area is 166 Å². The molecule has 5 nitrogen and oxygen atoms in total. The molecule has 6 rings (SSSR count). The first-order chi connectivity index (χ1) is 13.1. The number of hydrogen-bond donors (Lipinski definition) is 1. The maximum atomic E-state index is 12.7. The third-order valence-corrected chi connectivity index (χ3v) is 8.70. The van der Waals surface area contributed by atoms with Crippen molar-refractivity contribution in [3.63, 3.8) is 0 Å². The van der Waals surface area contributed by atoms with Crippen LogP contribution in [0.15, 0.2) is 4.99 Å². The summed E-state index contributed by atoms with van der Waals surface area (Å²) < 4.78 is 0. The number of carbonyl (C=O) groups excluding carboxylic acids is 2. The number of amides is 2. The molecule has 6 fully saturated rings. The lowest BCUT2D eigenvalue weighted by atomic mass is 9.81. The van der Waals surface area contributed by atoms with Crippen LogP contribution in [-0.4, -0.2) is 45.8 Å². The van der Waals surface area contributed by atoms with Gasteiger partial charge in [-0.05, 0) is 62.7 Å². The Morgan fingerprint density at radius 3 is 2.44 bits per heavy atom. The Bertz CT molecular complexity index is 642. The smallest absolute Gasteiger partial charge is 0.240 e. The standard InChI is InChI=1S/C21H31N3O2S/c25-18(24-6-4-2-1-3-5-7-24)11-17-19(26)22-20(27-17)23-21-12-14-8-15(13-21)10-16(21)9-14/h14-17H,1-13H2,(H,22,23,26). The van der Waals surface area contributed by atoms with Gasteiger partial charge in [-0.2, -0.15) is 0 Å². The Morgan fingerprint density at radius 2 is 1.74 bits per heavy atom. The van der Waals surface area contributed by atoms with E-state index in [1.165, 1.54) is 63.1 Å². The van der Waals surface area contributed by atoms with Gasteiger partial charge in [0.2, 0.25) is 11.8 Å². The van der Waals surface area contributed by atoms with Crippen LogP contribution >= 0.6 is 11.8 Å². The molecule has 3 unspecified atom stereocenters. The predicted molar refractivity (Wildman–Crippen MR) is 108 cm³/mol. The lowest BCUT2D eigenvalue weighted by molar-refractivity contribution is -0.133. The molecule has 27 heavy (non-hydrogen) atoms. The average molecular weight is 390 g/mol. The van der Waals surface area contributed by atoms with Gasteiger partial charge in [0.1, 0.15) is 5.25 Å². The summed E-state index contributed by atoms with van der Waals surface area (Å²) in [6.07, 6.45) is 12.7. The summed E-state index contributed by atoms with van der Waals surface area (Å²) in [5, 5.41) is 3.49. The zero-order valence-corrected chi connectivity index (χ0v) is 16.9. The third-order valence-electron chi connectivity index (χ3n) is 7.62. The summed E-state index contributed by atoms with van der Waals surface area (Å²) in [5.41, 5.74) is 0.102. The van der Waals surface area contributed by atoms with Crippen LogP contribution in [-0.2, 0) is 9.59 Å². The number of rotatable bonds is 3. The highest BCUT2D eigenvalue weighted by Gasteiger charge is 2.58. The largest absolute Gasteiger partial charge is 0.343 e. The summed E-state index contributed by atoms with van der Waals surface area (Å²) in [5.74, 6) is 2.57. The molecule has 4 bridgehead atoms. The van der Waals surface area contributed by atoms with Crippen molar-refractivity contribution in [3.8, 4) is 0 Å². The van der Waals surface area contributed by atoms with Gasteiger partial charge in [-0.15, -0.1) is 0 Å². The zero-order valence-electron chi connectivity index (χ0n) is 16.1. The predicted octanol–water partition coefficient (Wildman–Crippen LogP) is 3.34.